The van der Waals surface area contributed by atoms with Gasteiger partial charge in [-0.05, 0) is 75.7 Å². The summed E-state index contributed by atoms with van der Waals surface area (Å²) < 4.78 is 7.43. The van der Waals surface area contributed by atoms with Gasteiger partial charge in [0, 0.05) is 40.5 Å². The van der Waals surface area contributed by atoms with Crippen LogP contribution in [0, 0.1) is 6.92 Å². The summed E-state index contributed by atoms with van der Waals surface area (Å²) in [6, 6.07) is 14.5. The fourth-order valence-electron chi connectivity index (χ4n) is 4.25. The first-order chi connectivity index (χ1) is 17.4. The Morgan fingerprint density at radius 3 is 2.47 bits per heavy atom. The number of amides is 1. The Labute approximate surface area is 216 Å². The Morgan fingerprint density at radius 1 is 1.08 bits per heavy atom. The molecule has 2 heterocycles. The highest BCUT2D eigenvalue weighted by molar-refractivity contribution is 6.31. The van der Waals surface area contributed by atoms with Crippen LogP contribution in [0.4, 0.5) is 0 Å². The number of carbonyl (C=O) groups is 1. The molecule has 7 nitrogen and oxygen atoms in total. The number of phenolic OH excluding ortho intramolecular Hbond substituents is 1. The quantitative estimate of drug-likeness (QED) is 0.304. The van der Waals surface area contributed by atoms with Crippen molar-refractivity contribution in [3.05, 3.63) is 64.8 Å². The second kappa shape index (κ2) is 11.0. The molecule has 188 valence electrons. The minimum absolute atomic E-state index is 0.00880. The number of aromatic hydroxyl groups is 1. The van der Waals surface area contributed by atoms with E-state index in [1.54, 1.807) is 27.6 Å². The van der Waals surface area contributed by atoms with Crippen molar-refractivity contribution < 1.29 is 14.6 Å². The molecule has 2 aromatic heterocycles. The van der Waals surface area contributed by atoms with Gasteiger partial charge in [0.25, 0.3) is 0 Å². The van der Waals surface area contributed by atoms with E-state index in [0.717, 1.165) is 29.0 Å². The average Bonchev–Trinajstić information content (AvgIpc) is 3.22. The third kappa shape index (κ3) is 5.16. The van der Waals surface area contributed by atoms with E-state index < -0.39 is 0 Å². The van der Waals surface area contributed by atoms with Crippen LogP contribution in [0.5, 0.6) is 11.5 Å². The fourth-order valence-corrected chi connectivity index (χ4v) is 4.42. The number of aromatic nitrogens is 3. The highest BCUT2D eigenvalue weighted by Gasteiger charge is 2.23. The molecule has 4 aromatic rings. The van der Waals surface area contributed by atoms with Gasteiger partial charge in [-0.1, -0.05) is 18.5 Å². The van der Waals surface area contributed by atoms with Crippen LogP contribution in [0.3, 0.4) is 0 Å². The summed E-state index contributed by atoms with van der Waals surface area (Å²) in [5.74, 6) is 0.875. The van der Waals surface area contributed by atoms with E-state index in [2.05, 4.69) is 6.92 Å². The van der Waals surface area contributed by atoms with E-state index in [4.69, 9.17) is 26.4 Å². The summed E-state index contributed by atoms with van der Waals surface area (Å²) in [4.78, 5) is 19.8. The monoisotopic (exact) mass is 506 g/mol. The smallest absolute Gasteiger partial charge is 0.227 e. The molecule has 0 saturated carbocycles. The standard InChI is InChI=1S/C28H31ClN4O3/c1-5-14-36-21-11-8-19(9-12-21)27-23(17-26(35)32(6-2)7-3)28-30-18(4)15-24(33(28)31-27)22-16-20(29)10-13-25(22)34/h8-13,15-16,34H,5-7,14,17H2,1-4H3. The highest BCUT2D eigenvalue weighted by atomic mass is 35.5. The fraction of sp³-hybridized carbons (Fsp3) is 0.321. The van der Waals surface area contributed by atoms with E-state index >= 15 is 0 Å². The van der Waals surface area contributed by atoms with Crippen LogP contribution in [0.2, 0.25) is 5.02 Å². The molecule has 0 saturated heterocycles. The maximum Gasteiger partial charge on any atom is 0.227 e. The normalized spacial score (nSPS) is 11.1. The Morgan fingerprint density at radius 2 is 1.81 bits per heavy atom. The van der Waals surface area contributed by atoms with Crippen LogP contribution in [-0.2, 0) is 11.2 Å². The molecule has 8 heteroatoms. The summed E-state index contributed by atoms with van der Waals surface area (Å²) in [5.41, 5.74) is 4.75. The molecule has 0 spiro atoms. The summed E-state index contributed by atoms with van der Waals surface area (Å²) >= 11 is 6.26. The zero-order valence-electron chi connectivity index (χ0n) is 21.1. The van der Waals surface area contributed by atoms with Gasteiger partial charge in [-0.3, -0.25) is 4.79 Å². The van der Waals surface area contributed by atoms with Crippen molar-refractivity contribution in [3.8, 4) is 34.0 Å². The van der Waals surface area contributed by atoms with Crippen molar-refractivity contribution in [3.63, 3.8) is 0 Å². The van der Waals surface area contributed by atoms with E-state index in [-0.39, 0.29) is 18.1 Å². The van der Waals surface area contributed by atoms with Crippen molar-refractivity contribution in [2.45, 2.75) is 40.5 Å². The largest absolute Gasteiger partial charge is 0.507 e. The molecule has 1 N–H and O–H groups in total. The number of hydrogen-bond donors (Lipinski definition) is 1. The number of ether oxygens (including phenoxy) is 1. The predicted molar refractivity (Wildman–Crippen MR) is 143 cm³/mol. The Balaban J connectivity index is 1.93. The predicted octanol–water partition coefficient (Wildman–Crippen LogP) is 5.93. The number of hydrogen-bond acceptors (Lipinski definition) is 5. The van der Waals surface area contributed by atoms with Gasteiger partial charge in [-0.2, -0.15) is 5.10 Å². The van der Waals surface area contributed by atoms with Crippen molar-refractivity contribution in [1.82, 2.24) is 19.5 Å². The lowest BCUT2D eigenvalue weighted by Gasteiger charge is -2.18. The summed E-state index contributed by atoms with van der Waals surface area (Å²) in [5, 5.41) is 16.0. The van der Waals surface area contributed by atoms with Gasteiger partial charge in [0.15, 0.2) is 5.65 Å². The minimum atomic E-state index is 0.00880. The Bertz CT molecular complexity index is 1380. The van der Waals surface area contributed by atoms with Crippen molar-refractivity contribution in [1.29, 1.82) is 0 Å². The first kappa shape index (κ1) is 25.5. The van der Waals surface area contributed by atoms with E-state index in [1.807, 2.05) is 51.1 Å². The van der Waals surface area contributed by atoms with Crippen LogP contribution in [0.25, 0.3) is 28.2 Å². The number of fused-ring (bicyclic) bond motifs is 1. The molecule has 0 bridgehead atoms. The second-order valence-electron chi connectivity index (χ2n) is 8.62. The number of nitrogens with zero attached hydrogens (tertiary/aromatic N) is 4. The molecule has 0 unspecified atom stereocenters. The van der Waals surface area contributed by atoms with E-state index in [1.165, 1.54) is 0 Å². The molecule has 4 rings (SSSR count). The zero-order valence-corrected chi connectivity index (χ0v) is 21.8. The number of benzene rings is 2. The number of likely N-dealkylation sites (N-methyl/N-ethyl adjacent to an activating group) is 1. The number of carbonyl (C=O) groups excluding carboxylic acids is 1. The Kier molecular flexibility index (Phi) is 7.79. The van der Waals surface area contributed by atoms with Crippen LogP contribution >= 0.6 is 11.6 Å². The lowest BCUT2D eigenvalue weighted by atomic mass is 10.0. The Hall–Kier alpha value is -3.58. The highest BCUT2D eigenvalue weighted by Crippen LogP contribution is 2.35. The summed E-state index contributed by atoms with van der Waals surface area (Å²) in [7, 11) is 0. The van der Waals surface area contributed by atoms with Crippen LogP contribution in [-0.4, -0.2) is 50.2 Å². The van der Waals surface area contributed by atoms with Gasteiger partial charge in [-0.25, -0.2) is 9.50 Å². The second-order valence-corrected chi connectivity index (χ2v) is 9.06. The van der Waals surface area contributed by atoms with Gasteiger partial charge in [0.2, 0.25) is 5.91 Å². The molecular formula is C28H31ClN4O3. The number of rotatable bonds is 9. The van der Waals surface area contributed by atoms with Gasteiger partial charge in [-0.15, -0.1) is 0 Å². The van der Waals surface area contributed by atoms with E-state index in [9.17, 15) is 9.90 Å². The molecule has 0 radical (unpaired) electrons. The maximum absolute atomic E-state index is 13.2. The number of aryl methyl sites for hydroxylation is 1. The third-order valence-electron chi connectivity index (χ3n) is 6.09. The average molecular weight is 507 g/mol. The maximum atomic E-state index is 13.2. The number of halogens is 1. The molecule has 36 heavy (non-hydrogen) atoms. The van der Waals surface area contributed by atoms with Crippen molar-refractivity contribution in [2.75, 3.05) is 19.7 Å². The molecule has 0 aliphatic rings. The molecule has 0 aliphatic carbocycles. The molecular weight excluding hydrogens is 476 g/mol. The SMILES string of the molecule is CCCOc1ccc(-c2nn3c(-c4cc(Cl)ccc4O)cc(C)nc3c2CC(=O)N(CC)CC)cc1. The first-order valence-electron chi connectivity index (χ1n) is 12.2. The summed E-state index contributed by atoms with van der Waals surface area (Å²) in [6.45, 7) is 9.78. The van der Waals surface area contributed by atoms with Crippen molar-refractivity contribution >= 4 is 23.2 Å². The molecule has 0 aliphatic heterocycles. The third-order valence-corrected chi connectivity index (χ3v) is 6.33. The van der Waals surface area contributed by atoms with E-state index in [0.29, 0.717) is 47.3 Å². The minimum Gasteiger partial charge on any atom is -0.507 e. The van der Waals surface area contributed by atoms with Gasteiger partial charge >= 0.3 is 0 Å². The van der Waals surface area contributed by atoms with Gasteiger partial charge < -0.3 is 14.7 Å². The molecule has 0 fully saturated rings. The lowest BCUT2D eigenvalue weighted by Crippen LogP contribution is -2.31. The van der Waals surface area contributed by atoms with Crippen molar-refractivity contribution in [2.24, 2.45) is 0 Å². The van der Waals surface area contributed by atoms with Crippen LogP contribution in [0.1, 0.15) is 38.4 Å². The molecule has 1 amide bonds. The number of phenols is 1. The first-order valence-corrected chi connectivity index (χ1v) is 12.6. The topological polar surface area (TPSA) is 80.0 Å². The van der Waals surface area contributed by atoms with Crippen LogP contribution in [0.15, 0.2) is 48.5 Å². The zero-order chi connectivity index (χ0) is 25.8. The lowest BCUT2D eigenvalue weighted by molar-refractivity contribution is -0.130. The van der Waals surface area contributed by atoms with Gasteiger partial charge in [0.1, 0.15) is 11.5 Å². The molecule has 2 aromatic carbocycles. The van der Waals surface area contributed by atoms with Crippen LogP contribution < -0.4 is 4.74 Å². The van der Waals surface area contributed by atoms with Gasteiger partial charge in [0.05, 0.1) is 24.4 Å². The molecule has 0 atom stereocenters. The summed E-state index contributed by atoms with van der Waals surface area (Å²) in [6.07, 6.45) is 1.09.